The second-order valence-electron chi connectivity index (χ2n) is 8.82. The van der Waals surface area contributed by atoms with Gasteiger partial charge in [0.05, 0.1) is 6.54 Å². The molecule has 6 nitrogen and oxygen atoms in total. The lowest BCUT2D eigenvalue weighted by atomic mass is 9.92. The largest absolute Gasteiger partial charge is 0.492 e. The normalized spacial score (nSPS) is 16.1. The van der Waals surface area contributed by atoms with E-state index in [1.54, 1.807) is 6.20 Å². The van der Waals surface area contributed by atoms with Gasteiger partial charge in [0.2, 0.25) is 0 Å². The Hall–Kier alpha value is -2.83. The van der Waals surface area contributed by atoms with Crippen LogP contribution in [0.3, 0.4) is 0 Å². The standard InChI is InChI=1S/C26H33N3O3/c1-21-7-8-25(22(2)17-21)32-20-26(30)9-13-28(14-10-26)19-23-5-3-6-24(18-23)31-16-15-29-12-4-11-27-29/h3-8,11-12,17-18,30H,9-10,13-16,19-20H2,1-2H3. The number of benzene rings is 2. The Morgan fingerprint density at radius 3 is 2.62 bits per heavy atom. The van der Waals surface area contributed by atoms with Crippen molar-refractivity contribution in [2.75, 3.05) is 26.3 Å². The molecule has 1 aliphatic heterocycles. The first kappa shape index (κ1) is 22.4. The third kappa shape index (κ3) is 6.11. The number of aliphatic hydroxyl groups is 1. The van der Waals surface area contributed by atoms with Gasteiger partial charge in [-0.05, 0) is 62.1 Å². The molecule has 6 heteroatoms. The Kier molecular flexibility index (Phi) is 7.12. The average molecular weight is 436 g/mol. The molecule has 0 atom stereocenters. The van der Waals surface area contributed by atoms with E-state index in [0.29, 0.717) is 26.1 Å². The summed E-state index contributed by atoms with van der Waals surface area (Å²) in [5.74, 6) is 1.74. The van der Waals surface area contributed by atoms with Gasteiger partial charge < -0.3 is 14.6 Å². The van der Waals surface area contributed by atoms with E-state index in [2.05, 4.69) is 35.1 Å². The molecule has 2 aromatic carbocycles. The minimum Gasteiger partial charge on any atom is -0.492 e. The molecule has 1 aromatic heterocycles. The molecule has 0 radical (unpaired) electrons. The molecule has 0 bridgehead atoms. The second-order valence-corrected chi connectivity index (χ2v) is 8.82. The first-order valence-electron chi connectivity index (χ1n) is 11.3. The Balaban J connectivity index is 1.23. The van der Waals surface area contributed by atoms with Crippen LogP contribution < -0.4 is 9.47 Å². The Labute approximate surface area is 190 Å². The Bertz CT molecular complexity index is 995. The van der Waals surface area contributed by atoms with Gasteiger partial charge in [0.1, 0.15) is 30.3 Å². The quantitative estimate of drug-likeness (QED) is 0.551. The van der Waals surface area contributed by atoms with Gasteiger partial charge in [0.15, 0.2) is 0 Å². The molecule has 0 unspecified atom stereocenters. The van der Waals surface area contributed by atoms with Crippen LogP contribution in [0.2, 0.25) is 0 Å². The summed E-state index contributed by atoms with van der Waals surface area (Å²) in [4.78, 5) is 2.38. The summed E-state index contributed by atoms with van der Waals surface area (Å²) in [5, 5.41) is 15.2. The third-order valence-corrected chi connectivity index (χ3v) is 6.07. The lowest BCUT2D eigenvalue weighted by molar-refractivity contribution is -0.0538. The summed E-state index contributed by atoms with van der Waals surface area (Å²) in [5.41, 5.74) is 2.77. The van der Waals surface area contributed by atoms with Crippen molar-refractivity contribution in [3.8, 4) is 11.5 Å². The molecule has 1 aliphatic rings. The van der Waals surface area contributed by atoms with Crippen LogP contribution in [0.15, 0.2) is 60.9 Å². The van der Waals surface area contributed by atoms with Crippen LogP contribution in [0, 0.1) is 13.8 Å². The molecule has 0 spiro atoms. The van der Waals surface area contributed by atoms with E-state index in [1.807, 2.05) is 48.1 Å². The van der Waals surface area contributed by atoms with E-state index in [1.165, 1.54) is 11.1 Å². The molecule has 1 N–H and O–H groups in total. The fourth-order valence-corrected chi connectivity index (χ4v) is 4.13. The summed E-state index contributed by atoms with van der Waals surface area (Å²) >= 11 is 0. The number of hydrogen-bond acceptors (Lipinski definition) is 5. The molecule has 1 fully saturated rings. The van der Waals surface area contributed by atoms with Gasteiger partial charge in [-0.15, -0.1) is 0 Å². The summed E-state index contributed by atoms with van der Waals surface area (Å²) in [6, 6.07) is 16.3. The molecule has 0 amide bonds. The number of nitrogens with zero attached hydrogens (tertiary/aromatic N) is 3. The smallest absolute Gasteiger partial charge is 0.122 e. The maximum absolute atomic E-state index is 11.0. The van der Waals surface area contributed by atoms with Crippen LogP contribution in [-0.4, -0.2) is 51.7 Å². The van der Waals surface area contributed by atoms with Crippen molar-refractivity contribution >= 4 is 0 Å². The highest BCUT2D eigenvalue weighted by Crippen LogP contribution is 2.27. The molecule has 1 saturated heterocycles. The van der Waals surface area contributed by atoms with Crippen molar-refractivity contribution in [2.45, 2.75) is 45.4 Å². The molecule has 3 aromatic rings. The zero-order chi connectivity index (χ0) is 22.4. The average Bonchev–Trinajstić information content (AvgIpc) is 3.29. The summed E-state index contributed by atoms with van der Waals surface area (Å²) in [6.07, 6.45) is 5.12. The van der Waals surface area contributed by atoms with Gasteiger partial charge in [-0.1, -0.05) is 29.8 Å². The van der Waals surface area contributed by atoms with Crippen molar-refractivity contribution in [1.29, 1.82) is 0 Å². The minimum atomic E-state index is -0.773. The highest BCUT2D eigenvalue weighted by Gasteiger charge is 2.33. The van der Waals surface area contributed by atoms with Gasteiger partial charge in [-0.2, -0.15) is 5.10 Å². The summed E-state index contributed by atoms with van der Waals surface area (Å²) < 4.78 is 13.7. The van der Waals surface area contributed by atoms with Crippen LogP contribution in [0.25, 0.3) is 0 Å². The predicted molar refractivity (Wildman–Crippen MR) is 125 cm³/mol. The lowest BCUT2D eigenvalue weighted by Gasteiger charge is -2.38. The number of hydrogen-bond donors (Lipinski definition) is 1. The van der Waals surface area contributed by atoms with Crippen LogP contribution in [0.1, 0.15) is 29.5 Å². The minimum absolute atomic E-state index is 0.338. The topological polar surface area (TPSA) is 59.8 Å². The first-order valence-corrected chi connectivity index (χ1v) is 11.3. The van der Waals surface area contributed by atoms with Gasteiger partial charge in [-0.3, -0.25) is 9.58 Å². The van der Waals surface area contributed by atoms with Crippen molar-refractivity contribution in [2.24, 2.45) is 0 Å². The van der Waals surface area contributed by atoms with Gasteiger partial charge >= 0.3 is 0 Å². The van der Waals surface area contributed by atoms with Crippen molar-refractivity contribution in [3.63, 3.8) is 0 Å². The van der Waals surface area contributed by atoms with Crippen molar-refractivity contribution < 1.29 is 14.6 Å². The van der Waals surface area contributed by atoms with Gasteiger partial charge in [-0.25, -0.2) is 0 Å². The monoisotopic (exact) mass is 435 g/mol. The fourth-order valence-electron chi connectivity index (χ4n) is 4.13. The van der Waals surface area contributed by atoms with E-state index in [0.717, 1.165) is 43.2 Å². The maximum Gasteiger partial charge on any atom is 0.122 e. The summed E-state index contributed by atoms with van der Waals surface area (Å²) in [7, 11) is 0. The Morgan fingerprint density at radius 1 is 1.03 bits per heavy atom. The van der Waals surface area contributed by atoms with Crippen LogP contribution in [0.4, 0.5) is 0 Å². The highest BCUT2D eigenvalue weighted by atomic mass is 16.5. The van der Waals surface area contributed by atoms with E-state index in [4.69, 9.17) is 9.47 Å². The number of ether oxygens (including phenoxy) is 2. The third-order valence-electron chi connectivity index (χ3n) is 6.07. The fraction of sp³-hybridized carbons (Fsp3) is 0.423. The predicted octanol–water partition coefficient (Wildman–Crippen LogP) is 3.98. The van der Waals surface area contributed by atoms with E-state index in [-0.39, 0.29) is 0 Å². The molecule has 170 valence electrons. The highest BCUT2D eigenvalue weighted by molar-refractivity contribution is 5.35. The number of aryl methyl sites for hydroxylation is 2. The SMILES string of the molecule is Cc1ccc(OCC2(O)CCN(Cc3cccc(OCCn4cccn4)c3)CC2)c(C)c1. The van der Waals surface area contributed by atoms with Gasteiger partial charge in [0, 0.05) is 32.0 Å². The van der Waals surface area contributed by atoms with E-state index < -0.39 is 5.60 Å². The number of likely N-dealkylation sites (tertiary alicyclic amines) is 1. The van der Waals surface area contributed by atoms with Crippen molar-refractivity contribution in [3.05, 3.63) is 77.6 Å². The van der Waals surface area contributed by atoms with Crippen LogP contribution in [-0.2, 0) is 13.1 Å². The van der Waals surface area contributed by atoms with Crippen molar-refractivity contribution in [1.82, 2.24) is 14.7 Å². The molecule has 0 aliphatic carbocycles. The molecular formula is C26H33N3O3. The van der Waals surface area contributed by atoms with Crippen LogP contribution >= 0.6 is 0 Å². The molecule has 32 heavy (non-hydrogen) atoms. The molecule has 2 heterocycles. The number of aromatic nitrogens is 2. The zero-order valence-corrected chi connectivity index (χ0v) is 19.0. The second kappa shape index (κ2) is 10.2. The van der Waals surface area contributed by atoms with E-state index >= 15 is 0 Å². The lowest BCUT2D eigenvalue weighted by Crippen LogP contribution is -2.47. The Morgan fingerprint density at radius 2 is 1.88 bits per heavy atom. The summed E-state index contributed by atoms with van der Waals surface area (Å²) in [6.45, 7) is 8.31. The van der Waals surface area contributed by atoms with Gasteiger partial charge in [0.25, 0.3) is 0 Å². The van der Waals surface area contributed by atoms with E-state index in [9.17, 15) is 5.11 Å². The first-order chi connectivity index (χ1) is 15.5. The molecular weight excluding hydrogens is 402 g/mol. The molecule has 0 saturated carbocycles. The molecule has 4 rings (SSSR count). The number of rotatable bonds is 9. The van der Waals surface area contributed by atoms with Crippen LogP contribution in [0.5, 0.6) is 11.5 Å². The number of piperidine rings is 1. The maximum atomic E-state index is 11.0. The zero-order valence-electron chi connectivity index (χ0n) is 19.0.